The van der Waals surface area contributed by atoms with Gasteiger partial charge in [0.15, 0.2) is 0 Å². The Morgan fingerprint density at radius 3 is 2.06 bits per heavy atom. The van der Waals surface area contributed by atoms with Gasteiger partial charge in [0.05, 0.1) is 5.56 Å². The topological polar surface area (TPSA) is 12.0 Å². The summed E-state index contributed by atoms with van der Waals surface area (Å²) in [6.07, 6.45) is -3.39. The molecular formula is C12H16F3N. The van der Waals surface area contributed by atoms with Gasteiger partial charge in [0.25, 0.3) is 0 Å². The number of benzene rings is 1. The van der Waals surface area contributed by atoms with E-state index in [0.29, 0.717) is 0 Å². The molecule has 0 fully saturated rings. The van der Waals surface area contributed by atoms with Gasteiger partial charge in [-0.05, 0) is 30.7 Å². The van der Waals surface area contributed by atoms with E-state index < -0.39 is 11.7 Å². The summed E-state index contributed by atoms with van der Waals surface area (Å²) >= 11 is 0. The van der Waals surface area contributed by atoms with Crippen molar-refractivity contribution in [3.63, 3.8) is 0 Å². The largest absolute Gasteiger partial charge is 0.416 e. The van der Waals surface area contributed by atoms with E-state index in [1.54, 1.807) is 12.1 Å². The second-order valence-corrected chi connectivity index (χ2v) is 3.64. The van der Waals surface area contributed by atoms with Crippen molar-refractivity contribution in [2.75, 3.05) is 6.54 Å². The maximum Gasteiger partial charge on any atom is 0.416 e. The minimum absolute atomic E-state index is 0.132. The van der Waals surface area contributed by atoms with Gasteiger partial charge in [0.1, 0.15) is 0 Å². The molecule has 1 aromatic carbocycles. The summed E-state index contributed by atoms with van der Waals surface area (Å²) in [5.41, 5.74) is 0.306. The molecule has 0 aliphatic rings. The predicted molar refractivity (Wildman–Crippen MR) is 58.2 cm³/mol. The van der Waals surface area contributed by atoms with Crippen molar-refractivity contribution in [1.29, 1.82) is 0 Å². The molecule has 16 heavy (non-hydrogen) atoms. The summed E-state index contributed by atoms with van der Waals surface area (Å²) in [5, 5.41) is 3.23. The number of hydrogen-bond donors (Lipinski definition) is 1. The van der Waals surface area contributed by atoms with Crippen molar-refractivity contribution < 1.29 is 13.2 Å². The highest BCUT2D eigenvalue weighted by Gasteiger charge is 2.30. The number of halogens is 3. The first-order valence-electron chi connectivity index (χ1n) is 5.39. The Morgan fingerprint density at radius 2 is 1.69 bits per heavy atom. The Bertz CT molecular complexity index is 316. The maximum atomic E-state index is 12.3. The standard InChI is InChI=1S/C12H16F3N/c1-3-11(16-4-2)9-5-7-10(8-6-9)12(13,14)15/h5-8,11,16H,3-4H2,1-2H3/t11-/m1/s1. The lowest BCUT2D eigenvalue weighted by molar-refractivity contribution is -0.137. The molecule has 1 nitrogen and oxygen atoms in total. The van der Waals surface area contributed by atoms with E-state index in [9.17, 15) is 13.2 Å². The van der Waals surface area contributed by atoms with Gasteiger partial charge in [0.2, 0.25) is 0 Å². The Morgan fingerprint density at radius 1 is 1.12 bits per heavy atom. The van der Waals surface area contributed by atoms with Crippen LogP contribution in [0.15, 0.2) is 24.3 Å². The molecule has 0 heterocycles. The normalized spacial score (nSPS) is 13.8. The second kappa shape index (κ2) is 5.34. The fourth-order valence-corrected chi connectivity index (χ4v) is 1.65. The van der Waals surface area contributed by atoms with Crippen LogP contribution in [0.2, 0.25) is 0 Å². The van der Waals surface area contributed by atoms with Gasteiger partial charge in [-0.25, -0.2) is 0 Å². The van der Waals surface area contributed by atoms with Crippen molar-refractivity contribution in [2.45, 2.75) is 32.5 Å². The molecule has 0 aromatic heterocycles. The Kier molecular flexibility index (Phi) is 4.35. The van der Waals surface area contributed by atoms with Crippen molar-refractivity contribution in [2.24, 2.45) is 0 Å². The first kappa shape index (κ1) is 13.0. The summed E-state index contributed by atoms with van der Waals surface area (Å²) in [6, 6.07) is 5.48. The van der Waals surface area contributed by atoms with Crippen LogP contribution in [0.5, 0.6) is 0 Å². The highest BCUT2D eigenvalue weighted by Crippen LogP contribution is 2.30. The molecule has 0 saturated heterocycles. The molecule has 0 spiro atoms. The van der Waals surface area contributed by atoms with Crippen LogP contribution in [-0.2, 0) is 6.18 Å². The monoisotopic (exact) mass is 231 g/mol. The van der Waals surface area contributed by atoms with E-state index >= 15 is 0 Å². The molecule has 0 amide bonds. The van der Waals surface area contributed by atoms with Crippen LogP contribution in [0.4, 0.5) is 13.2 Å². The number of alkyl halides is 3. The molecular weight excluding hydrogens is 215 g/mol. The molecule has 0 saturated carbocycles. The van der Waals surface area contributed by atoms with Crippen LogP contribution in [0.3, 0.4) is 0 Å². The summed E-state index contributed by atoms with van der Waals surface area (Å²) in [6.45, 7) is 4.79. The van der Waals surface area contributed by atoms with Crippen LogP contribution < -0.4 is 5.32 Å². The summed E-state index contributed by atoms with van der Waals surface area (Å²) < 4.78 is 37.0. The third-order valence-electron chi connectivity index (χ3n) is 2.50. The zero-order valence-corrected chi connectivity index (χ0v) is 9.43. The van der Waals surface area contributed by atoms with Crippen molar-refractivity contribution in [3.8, 4) is 0 Å². The zero-order chi connectivity index (χ0) is 12.2. The van der Waals surface area contributed by atoms with Crippen LogP contribution in [0, 0.1) is 0 Å². The van der Waals surface area contributed by atoms with Crippen molar-refractivity contribution >= 4 is 0 Å². The Labute approximate surface area is 93.7 Å². The van der Waals surface area contributed by atoms with Gasteiger partial charge < -0.3 is 5.32 Å². The van der Waals surface area contributed by atoms with Crippen molar-refractivity contribution in [1.82, 2.24) is 5.32 Å². The van der Waals surface area contributed by atoms with E-state index in [0.717, 1.165) is 30.7 Å². The quantitative estimate of drug-likeness (QED) is 0.831. The Hall–Kier alpha value is -1.03. The molecule has 1 N–H and O–H groups in total. The van der Waals surface area contributed by atoms with Crippen LogP contribution in [0.1, 0.15) is 37.4 Å². The summed E-state index contributed by atoms with van der Waals surface area (Å²) in [7, 11) is 0. The SMILES string of the molecule is CCN[C@H](CC)c1ccc(C(F)(F)F)cc1. The molecule has 1 rings (SSSR count). The third-order valence-corrected chi connectivity index (χ3v) is 2.50. The molecule has 1 atom stereocenters. The lowest BCUT2D eigenvalue weighted by Gasteiger charge is -2.17. The average Bonchev–Trinajstić information content (AvgIpc) is 2.25. The van der Waals surface area contributed by atoms with Crippen molar-refractivity contribution in [3.05, 3.63) is 35.4 Å². The summed E-state index contributed by atoms with van der Waals surface area (Å²) in [5.74, 6) is 0. The molecule has 0 radical (unpaired) electrons. The van der Waals surface area contributed by atoms with Crippen LogP contribution >= 0.6 is 0 Å². The van der Waals surface area contributed by atoms with Crippen LogP contribution in [0.25, 0.3) is 0 Å². The number of nitrogens with one attached hydrogen (secondary N) is 1. The fraction of sp³-hybridized carbons (Fsp3) is 0.500. The van der Waals surface area contributed by atoms with E-state index in [4.69, 9.17) is 0 Å². The molecule has 1 aromatic rings. The van der Waals surface area contributed by atoms with Gasteiger partial charge in [-0.15, -0.1) is 0 Å². The second-order valence-electron chi connectivity index (χ2n) is 3.64. The highest BCUT2D eigenvalue weighted by atomic mass is 19.4. The minimum atomic E-state index is -4.25. The van der Waals surface area contributed by atoms with Gasteiger partial charge >= 0.3 is 6.18 Å². The molecule has 90 valence electrons. The predicted octanol–water partition coefficient (Wildman–Crippen LogP) is 3.77. The van der Waals surface area contributed by atoms with E-state index in [-0.39, 0.29) is 6.04 Å². The molecule has 0 aliphatic carbocycles. The van der Waals surface area contributed by atoms with Gasteiger partial charge in [-0.1, -0.05) is 26.0 Å². The number of rotatable bonds is 4. The first-order valence-corrected chi connectivity index (χ1v) is 5.39. The molecule has 4 heteroatoms. The average molecular weight is 231 g/mol. The van der Waals surface area contributed by atoms with E-state index in [1.807, 2.05) is 13.8 Å². The molecule has 0 unspecified atom stereocenters. The molecule has 0 aliphatic heterocycles. The maximum absolute atomic E-state index is 12.3. The number of hydrogen-bond acceptors (Lipinski definition) is 1. The Balaban J connectivity index is 2.85. The first-order chi connectivity index (χ1) is 7.49. The minimum Gasteiger partial charge on any atom is -0.310 e. The van der Waals surface area contributed by atoms with Gasteiger partial charge in [-0.2, -0.15) is 13.2 Å². The molecule has 0 bridgehead atoms. The fourth-order valence-electron chi connectivity index (χ4n) is 1.65. The summed E-state index contributed by atoms with van der Waals surface area (Å²) in [4.78, 5) is 0. The zero-order valence-electron chi connectivity index (χ0n) is 9.43. The van der Waals surface area contributed by atoms with E-state index in [2.05, 4.69) is 5.32 Å². The smallest absolute Gasteiger partial charge is 0.310 e. The lowest BCUT2D eigenvalue weighted by Crippen LogP contribution is -2.20. The van der Waals surface area contributed by atoms with E-state index in [1.165, 1.54) is 0 Å². The van der Waals surface area contributed by atoms with Gasteiger partial charge in [-0.3, -0.25) is 0 Å². The third kappa shape index (κ3) is 3.23. The van der Waals surface area contributed by atoms with Gasteiger partial charge in [0, 0.05) is 6.04 Å². The lowest BCUT2D eigenvalue weighted by atomic mass is 10.0. The highest BCUT2D eigenvalue weighted by molar-refractivity contribution is 5.26. The van der Waals surface area contributed by atoms with Crippen LogP contribution in [-0.4, -0.2) is 6.54 Å².